The first-order valence-electron chi connectivity index (χ1n) is 6.47. The number of amides is 2. The van der Waals surface area contributed by atoms with Gasteiger partial charge in [-0.05, 0) is 18.1 Å². The molecule has 6 N–H and O–H groups in total. The summed E-state index contributed by atoms with van der Waals surface area (Å²) in [5, 5.41) is 5.73. The van der Waals surface area contributed by atoms with Gasteiger partial charge >= 0.3 is 0 Å². The molecule has 0 aromatic carbocycles. The molecule has 20 heavy (non-hydrogen) atoms. The molecule has 0 bridgehead atoms. The molecule has 0 unspecified atom stereocenters. The van der Waals surface area contributed by atoms with Crippen LogP contribution < -0.4 is 22.1 Å². The van der Waals surface area contributed by atoms with Crippen LogP contribution in [0.3, 0.4) is 0 Å². The molecule has 0 aliphatic carbocycles. The second-order valence-electron chi connectivity index (χ2n) is 4.87. The molecular weight excluding hydrogens is 258 g/mol. The molecule has 0 saturated carbocycles. The third-order valence-corrected chi connectivity index (χ3v) is 2.53. The summed E-state index contributed by atoms with van der Waals surface area (Å²) in [6, 6.07) is 3.01. The van der Waals surface area contributed by atoms with E-state index >= 15 is 0 Å². The minimum Gasteiger partial charge on any atom is -0.396 e. The highest BCUT2D eigenvalue weighted by Crippen LogP contribution is 2.15. The lowest BCUT2D eigenvalue weighted by Crippen LogP contribution is -2.28. The van der Waals surface area contributed by atoms with E-state index in [9.17, 15) is 9.59 Å². The fourth-order valence-corrected chi connectivity index (χ4v) is 1.45. The minimum atomic E-state index is -0.622. The molecule has 0 spiro atoms. The fraction of sp³-hybridized carbons (Fsp3) is 0.462. The number of hydrogen-bond donors (Lipinski definition) is 4. The van der Waals surface area contributed by atoms with Gasteiger partial charge in [0, 0.05) is 19.5 Å². The van der Waals surface area contributed by atoms with E-state index in [0.29, 0.717) is 36.9 Å². The summed E-state index contributed by atoms with van der Waals surface area (Å²) in [4.78, 5) is 26.5. The van der Waals surface area contributed by atoms with Crippen molar-refractivity contribution >= 4 is 23.3 Å². The minimum absolute atomic E-state index is 0.0455. The Morgan fingerprint density at radius 1 is 1.35 bits per heavy atom. The molecule has 0 aliphatic rings. The van der Waals surface area contributed by atoms with E-state index in [1.165, 1.54) is 6.07 Å². The smallest absolute Gasteiger partial charge is 0.267 e. The number of hydrogen-bond acceptors (Lipinski definition) is 5. The summed E-state index contributed by atoms with van der Waals surface area (Å²) in [6.07, 6.45) is 0.300. The summed E-state index contributed by atoms with van der Waals surface area (Å²) in [5.41, 5.74) is 11.4. The number of nitrogens with zero attached hydrogens (tertiary/aromatic N) is 1. The number of nitrogens with one attached hydrogen (secondary N) is 2. The SMILES string of the molecule is CC(C)CNC(=O)CCNc1nc(C(N)=O)ccc1N. The first-order valence-corrected chi connectivity index (χ1v) is 6.47. The first-order chi connectivity index (χ1) is 9.40. The maximum atomic E-state index is 11.5. The second kappa shape index (κ2) is 7.32. The Hall–Kier alpha value is -2.31. The van der Waals surface area contributed by atoms with Gasteiger partial charge in [0.05, 0.1) is 5.69 Å². The summed E-state index contributed by atoms with van der Waals surface area (Å²) in [5.74, 6) is 0.105. The molecule has 110 valence electrons. The van der Waals surface area contributed by atoms with Crippen molar-refractivity contribution in [2.45, 2.75) is 20.3 Å². The van der Waals surface area contributed by atoms with E-state index in [0.717, 1.165) is 0 Å². The largest absolute Gasteiger partial charge is 0.396 e. The Bertz CT molecular complexity index is 488. The average Bonchev–Trinajstić information content (AvgIpc) is 2.38. The number of aromatic nitrogens is 1. The number of carbonyl (C=O) groups excluding carboxylic acids is 2. The molecule has 1 heterocycles. The van der Waals surface area contributed by atoms with Crippen LogP contribution >= 0.6 is 0 Å². The normalized spacial score (nSPS) is 10.3. The van der Waals surface area contributed by atoms with E-state index in [1.54, 1.807) is 6.07 Å². The van der Waals surface area contributed by atoms with E-state index in [1.807, 2.05) is 13.8 Å². The van der Waals surface area contributed by atoms with E-state index < -0.39 is 5.91 Å². The molecule has 1 rings (SSSR count). The lowest BCUT2D eigenvalue weighted by atomic mass is 10.2. The van der Waals surface area contributed by atoms with Crippen molar-refractivity contribution in [2.75, 3.05) is 24.1 Å². The topological polar surface area (TPSA) is 123 Å². The summed E-state index contributed by atoms with van der Waals surface area (Å²) in [7, 11) is 0. The second-order valence-corrected chi connectivity index (χ2v) is 4.87. The average molecular weight is 279 g/mol. The Morgan fingerprint density at radius 3 is 2.65 bits per heavy atom. The van der Waals surface area contributed by atoms with Gasteiger partial charge < -0.3 is 22.1 Å². The highest BCUT2D eigenvalue weighted by atomic mass is 16.2. The molecule has 0 saturated heterocycles. The van der Waals surface area contributed by atoms with Crippen LogP contribution in [0.1, 0.15) is 30.8 Å². The molecule has 0 fully saturated rings. The van der Waals surface area contributed by atoms with E-state index in [2.05, 4.69) is 15.6 Å². The number of anilines is 2. The van der Waals surface area contributed by atoms with Crippen LogP contribution in [-0.2, 0) is 4.79 Å². The number of rotatable bonds is 7. The number of nitrogens with two attached hydrogens (primary N) is 2. The van der Waals surface area contributed by atoms with E-state index in [-0.39, 0.29) is 11.6 Å². The molecule has 0 radical (unpaired) electrons. The molecule has 7 nitrogen and oxygen atoms in total. The molecule has 7 heteroatoms. The number of carbonyl (C=O) groups is 2. The van der Waals surface area contributed by atoms with Crippen LogP contribution in [-0.4, -0.2) is 29.9 Å². The lowest BCUT2D eigenvalue weighted by Gasteiger charge is -2.10. The molecule has 1 aromatic heterocycles. The Labute approximate surface area is 118 Å². The predicted molar refractivity (Wildman–Crippen MR) is 78.1 cm³/mol. The standard InChI is InChI=1S/C13H21N5O2/c1-8(2)7-17-11(19)5-6-16-13-9(14)3-4-10(18-13)12(15)20/h3-4,8H,5-7,14H2,1-2H3,(H2,15,20)(H,16,18)(H,17,19). The van der Waals surface area contributed by atoms with Gasteiger partial charge in [0.25, 0.3) is 5.91 Å². The van der Waals surface area contributed by atoms with Crippen LogP contribution in [0.5, 0.6) is 0 Å². The van der Waals surface area contributed by atoms with Crippen LogP contribution in [0.15, 0.2) is 12.1 Å². The molecular formula is C13H21N5O2. The maximum absolute atomic E-state index is 11.5. The highest BCUT2D eigenvalue weighted by molar-refractivity contribution is 5.91. The Balaban J connectivity index is 2.47. The van der Waals surface area contributed by atoms with Gasteiger partial charge in [0.15, 0.2) is 0 Å². The van der Waals surface area contributed by atoms with Gasteiger partial charge in [-0.25, -0.2) is 4.98 Å². The van der Waals surface area contributed by atoms with Crippen molar-refractivity contribution in [1.29, 1.82) is 0 Å². The zero-order valence-corrected chi connectivity index (χ0v) is 11.8. The van der Waals surface area contributed by atoms with Crippen LogP contribution in [0.2, 0.25) is 0 Å². The number of nitrogen functional groups attached to an aromatic ring is 1. The first kappa shape index (κ1) is 15.7. The van der Waals surface area contributed by atoms with Crippen molar-refractivity contribution in [3.05, 3.63) is 17.8 Å². The van der Waals surface area contributed by atoms with Crippen LogP contribution in [0, 0.1) is 5.92 Å². The van der Waals surface area contributed by atoms with Gasteiger partial charge in [-0.15, -0.1) is 0 Å². The third-order valence-electron chi connectivity index (χ3n) is 2.53. The Kier molecular flexibility index (Phi) is 5.76. The van der Waals surface area contributed by atoms with Crippen molar-refractivity contribution in [3.8, 4) is 0 Å². The number of primary amides is 1. The third kappa shape index (κ3) is 5.13. The fourth-order valence-electron chi connectivity index (χ4n) is 1.45. The van der Waals surface area contributed by atoms with Gasteiger partial charge in [0.2, 0.25) is 5.91 Å². The summed E-state index contributed by atoms with van der Waals surface area (Å²) >= 11 is 0. The monoisotopic (exact) mass is 279 g/mol. The Morgan fingerprint density at radius 2 is 2.05 bits per heavy atom. The molecule has 2 amide bonds. The van der Waals surface area contributed by atoms with Crippen LogP contribution in [0.4, 0.5) is 11.5 Å². The van der Waals surface area contributed by atoms with E-state index in [4.69, 9.17) is 11.5 Å². The summed E-state index contributed by atoms with van der Waals surface area (Å²) in [6.45, 7) is 5.08. The zero-order valence-electron chi connectivity index (χ0n) is 11.8. The molecule has 0 aliphatic heterocycles. The molecule has 1 aromatic rings. The lowest BCUT2D eigenvalue weighted by molar-refractivity contribution is -0.120. The zero-order chi connectivity index (χ0) is 15.1. The predicted octanol–water partition coefficient (Wildman–Crippen LogP) is 0.337. The number of pyridine rings is 1. The van der Waals surface area contributed by atoms with Gasteiger partial charge in [-0.3, -0.25) is 9.59 Å². The highest BCUT2D eigenvalue weighted by Gasteiger charge is 2.08. The quantitative estimate of drug-likeness (QED) is 0.573. The van der Waals surface area contributed by atoms with Crippen molar-refractivity contribution in [2.24, 2.45) is 11.7 Å². The van der Waals surface area contributed by atoms with Crippen molar-refractivity contribution in [3.63, 3.8) is 0 Å². The van der Waals surface area contributed by atoms with Crippen molar-refractivity contribution in [1.82, 2.24) is 10.3 Å². The maximum Gasteiger partial charge on any atom is 0.267 e. The molecule has 0 atom stereocenters. The van der Waals surface area contributed by atoms with Crippen molar-refractivity contribution < 1.29 is 9.59 Å². The van der Waals surface area contributed by atoms with Gasteiger partial charge in [-0.2, -0.15) is 0 Å². The summed E-state index contributed by atoms with van der Waals surface area (Å²) < 4.78 is 0. The van der Waals surface area contributed by atoms with Crippen LogP contribution in [0.25, 0.3) is 0 Å². The van der Waals surface area contributed by atoms with Gasteiger partial charge in [-0.1, -0.05) is 13.8 Å². The van der Waals surface area contributed by atoms with Gasteiger partial charge in [0.1, 0.15) is 11.5 Å².